The van der Waals surface area contributed by atoms with E-state index >= 15 is 0 Å². The highest BCUT2D eigenvalue weighted by Gasteiger charge is 2.22. The number of urea groups is 1. The van der Waals surface area contributed by atoms with E-state index in [9.17, 15) is 9.59 Å². The van der Waals surface area contributed by atoms with Crippen LogP contribution in [0, 0.1) is 5.92 Å². The first-order valence-electron chi connectivity index (χ1n) is 8.69. The standard InChI is InChI=1S/C17H22N6O3/c1-3-26-16(24)13-5-4-12(10-14(13)15-19-21-22-20-15)18-17(25)23-8-6-11(2)7-9-23/h4-5,10-11H,3,6-9H2,1-2H3,(H,18,25)(H,19,20,21,22). The number of nitrogens with zero attached hydrogens (tertiary/aromatic N) is 4. The van der Waals surface area contributed by atoms with Gasteiger partial charge in [-0.1, -0.05) is 6.92 Å². The number of benzene rings is 1. The summed E-state index contributed by atoms with van der Waals surface area (Å²) in [4.78, 5) is 26.4. The van der Waals surface area contributed by atoms with E-state index in [1.807, 2.05) is 0 Å². The number of nitrogens with one attached hydrogen (secondary N) is 2. The summed E-state index contributed by atoms with van der Waals surface area (Å²) < 4.78 is 5.07. The fraction of sp³-hybridized carbons (Fsp3) is 0.471. The highest BCUT2D eigenvalue weighted by atomic mass is 16.5. The maximum Gasteiger partial charge on any atom is 0.338 e. The summed E-state index contributed by atoms with van der Waals surface area (Å²) in [6.07, 6.45) is 2.01. The SMILES string of the molecule is CCOC(=O)c1ccc(NC(=O)N2CCC(C)CC2)cc1-c1nn[nH]n1. The predicted molar refractivity (Wildman–Crippen MR) is 94.6 cm³/mol. The molecule has 2 heterocycles. The van der Waals surface area contributed by atoms with Gasteiger partial charge in [0, 0.05) is 24.3 Å². The van der Waals surface area contributed by atoms with Crippen LogP contribution in [-0.4, -0.2) is 57.2 Å². The predicted octanol–water partition coefficient (Wildman–Crippen LogP) is 2.31. The first-order valence-corrected chi connectivity index (χ1v) is 8.69. The van der Waals surface area contributed by atoms with E-state index in [2.05, 4.69) is 32.9 Å². The van der Waals surface area contributed by atoms with E-state index in [1.165, 1.54) is 0 Å². The van der Waals surface area contributed by atoms with E-state index in [0.29, 0.717) is 22.7 Å². The minimum absolute atomic E-state index is 0.153. The number of ether oxygens (including phenoxy) is 1. The lowest BCUT2D eigenvalue weighted by Crippen LogP contribution is -2.40. The van der Waals surface area contributed by atoms with Crippen LogP contribution in [0.2, 0.25) is 0 Å². The lowest BCUT2D eigenvalue weighted by molar-refractivity contribution is 0.0527. The summed E-state index contributed by atoms with van der Waals surface area (Å²) in [7, 11) is 0. The fourth-order valence-electron chi connectivity index (χ4n) is 2.88. The van der Waals surface area contributed by atoms with Gasteiger partial charge in [-0.2, -0.15) is 5.21 Å². The monoisotopic (exact) mass is 358 g/mol. The molecule has 1 aliphatic heterocycles. The van der Waals surface area contributed by atoms with Crippen molar-refractivity contribution >= 4 is 17.7 Å². The molecule has 1 saturated heterocycles. The summed E-state index contributed by atoms with van der Waals surface area (Å²) in [5, 5.41) is 16.6. The van der Waals surface area contributed by atoms with Gasteiger partial charge in [-0.25, -0.2) is 9.59 Å². The van der Waals surface area contributed by atoms with Crippen LogP contribution in [0.25, 0.3) is 11.4 Å². The van der Waals surface area contributed by atoms with Crippen LogP contribution < -0.4 is 5.32 Å². The molecule has 0 saturated carbocycles. The number of aromatic nitrogens is 4. The number of amides is 2. The number of rotatable bonds is 4. The van der Waals surface area contributed by atoms with Gasteiger partial charge < -0.3 is 15.0 Å². The van der Waals surface area contributed by atoms with Crippen molar-refractivity contribution in [2.24, 2.45) is 5.92 Å². The van der Waals surface area contributed by atoms with Gasteiger partial charge in [0.1, 0.15) is 0 Å². The van der Waals surface area contributed by atoms with Gasteiger partial charge in [-0.3, -0.25) is 0 Å². The average Bonchev–Trinajstić information content (AvgIpc) is 3.17. The highest BCUT2D eigenvalue weighted by Crippen LogP contribution is 2.25. The van der Waals surface area contributed by atoms with Crippen LogP contribution in [0.3, 0.4) is 0 Å². The molecule has 9 heteroatoms. The molecule has 1 aromatic heterocycles. The number of carbonyl (C=O) groups excluding carboxylic acids is 2. The largest absolute Gasteiger partial charge is 0.462 e. The number of hydrogen-bond acceptors (Lipinski definition) is 6. The van der Waals surface area contributed by atoms with Crippen molar-refractivity contribution in [1.29, 1.82) is 0 Å². The number of H-pyrrole nitrogens is 1. The van der Waals surface area contributed by atoms with Crippen LogP contribution in [0.15, 0.2) is 18.2 Å². The Balaban J connectivity index is 1.81. The third-order valence-corrected chi connectivity index (χ3v) is 4.42. The lowest BCUT2D eigenvalue weighted by atomic mass is 10.00. The Bertz CT molecular complexity index is 769. The quantitative estimate of drug-likeness (QED) is 0.811. The van der Waals surface area contributed by atoms with Gasteiger partial charge in [0.25, 0.3) is 0 Å². The number of esters is 1. The smallest absolute Gasteiger partial charge is 0.338 e. The van der Waals surface area contributed by atoms with Crippen LogP contribution in [-0.2, 0) is 4.74 Å². The Morgan fingerprint density at radius 2 is 2.12 bits per heavy atom. The number of aromatic amines is 1. The third kappa shape index (κ3) is 3.98. The topological polar surface area (TPSA) is 113 Å². The molecule has 0 radical (unpaired) electrons. The van der Waals surface area contributed by atoms with Crippen LogP contribution in [0.4, 0.5) is 10.5 Å². The molecule has 2 aromatic rings. The molecule has 0 aliphatic carbocycles. The molecule has 2 N–H and O–H groups in total. The van der Waals surface area contributed by atoms with Crippen molar-refractivity contribution in [3.05, 3.63) is 23.8 Å². The van der Waals surface area contributed by atoms with Crippen molar-refractivity contribution in [2.45, 2.75) is 26.7 Å². The van der Waals surface area contributed by atoms with E-state index in [0.717, 1.165) is 25.9 Å². The van der Waals surface area contributed by atoms with E-state index < -0.39 is 5.97 Å². The maximum absolute atomic E-state index is 12.5. The Labute approximate surface area is 151 Å². The number of likely N-dealkylation sites (tertiary alicyclic amines) is 1. The second kappa shape index (κ2) is 7.94. The zero-order chi connectivity index (χ0) is 18.5. The zero-order valence-electron chi connectivity index (χ0n) is 14.9. The Morgan fingerprint density at radius 3 is 2.77 bits per heavy atom. The summed E-state index contributed by atoms with van der Waals surface area (Å²) in [6.45, 7) is 5.67. The molecule has 9 nitrogen and oxygen atoms in total. The second-order valence-corrected chi connectivity index (χ2v) is 6.32. The van der Waals surface area contributed by atoms with Crippen molar-refractivity contribution in [3.8, 4) is 11.4 Å². The minimum atomic E-state index is -0.477. The van der Waals surface area contributed by atoms with Crippen LogP contribution in [0.5, 0.6) is 0 Å². The normalized spacial score (nSPS) is 14.9. The Kier molecular flexibility index (Phi) is 5.45. The first kappa shape index (κ1) is 17.8. The number of tetrazole rings is 1. The van der Waals surface area contributed by atoms with Crippen molar-refractivity contribution in [2.75, 3.05) is 25.0 Å². The molecule has 138 valence electrons. The molecule has 1 aliphatic rings. The Hall–Kier alpha value is -2.97. The van der Waals surface area contributed by atoms with Crippen LogP contribution >= 0.6 is 0 Å². The summed E-state index contributed by atoms with van der Waals surface area (Å²) >= 11 is 0. The van der Waals surface area contributed by atoms with Gasteiger partial charge in [-0.15, -0.1) is 10.2 Å². The molecule has 2 amide bonds. The number of anilines is 1. The summed E-state index contributed by atoms with van der Waals surface area (Å²) in [6, 6.07) is 4.76. The summed E-state index contributed by atoms with van der Waals surface area (Å²) in [5.74, 6) is 0.430. The first-order chi connectivity index (χ1) is 12.6. The molecule has 3 rings (SSSR count). The molecular weight excluding hydrogens is 336 g/mol. The third-order valence-electron chi connectivity index (χ3n) is 4.42. The summed E-state index contributed by atoms with van der Waals surface area (Å²) in [5.41, 5.74) is 1.32. The number of hydrogen-bond donors (Lipinski definition) is 2. The Morgan fingerprint density at radius 1 is 1.35 bits per heavy atom. The zero-order valence-corrected chi connectivity index (χ0v) is 14.9. The van der Waals surface area contributed by atoms with Gasteiger partial charge in [0.2, 0.25) is 5.82 Å². The van der Waals surface area contributed by atoms with Gasteiger partial charge >= 0.3 is 12.0 Å². The molecule has 0 unspecified atom stereocenters. The molecule has 26 heavy (non-hydrogen) atoms. The minimum Gasteiger partial charge on any atom is -0.462 e. The lowest BCUT2D eigenvalue weighted by Gasteiger charge is -2.30. The van der Waals surface area contributed by atoms with Gasteiger partial charge in [-0.05, 0) is 49.1 Å². The van der Waals surface area contributed by atoms with Crippen LogP contribution in [0.1, 0.15) is 37.0 Å². The number of piperidine rings is 1. The van der Waals surface area contributed by atoms with E-state index in [1.54, 1.807) is 30.0 Å². The van der Waals surface area contributed by atoms with Crippen molar-refractivity contribution in [3.63, 3.8) is 0 Å². The second-order valence-electron chi connectivity index (χ2n) is 6.32. The fourth-order valence-corrected chi connectivity index (χ4v) is 2.88. The van der Waals surface area contributed by atoms with Gasteiger partial charge in [0.15, 0.2) is 0 Å². The van der Waals surface area contributed by atoms with E-state index in [-0.39, 0.29) is 18.5 Å². The average molecular weight is 358 g/mol. The van der Waals surface area contributed by atoms with Crippen molar-refractivity contribution in [1.82, 2.24) is 25.5 Å². The maximum atomic E-state index is 12.5. The molecule has 0 atom stereocenters. The molecular formula is C17H22N6O3. The molecule has 0 spiro atoms. The van der Waals surface area contributed by atoms with Crippen molar-refractivity contribution < 1.29 is 14.3 Å². The molecule has 0 bridgehead atoms. The van der Waals surface area contributed by atoms with E-state index in [4.69, 9.17) is 4.74 Å². The molecule has 1 aromatic carbocycles. The number of carbonyl (C=O) groups is 2. The van der Waals surface area contributed by atoms with Gasteiger partial charge in [0.05, 0.1) is 12.2 Å². The highest BCUT2D eigenvalue weighted by molar-refractivity contribution is 5.98. The molecule has 1 fully saturated rings.